The molecule has 0 aliphatic rings. The third-order valence-corrected chi connectivity index (χ3v) is 5.57. The quantitative estimate of drug-likeness (QED) is 0.0658. The van der Waals surface area contributed by atoms with Gasteiger partial charge in [-0.25, -0.2) is 0 Å². The number of rotatable bonds is 16. The third kappa shape index (κ3) is 10.9. The Morgan fingerprint density at radius 1 is 0.833 bits per heavy atom. The summed E-state index contributed by atoms with van der Waals surface area (Å²) in [6.45, 7) is 1.08. The van der Waals surface area contributed by atoms with Crippen molar-refractivity contribution >= 4 is 23.8 Å². The number of hydrogen-bond donors (Lipinski definition) is 0. The summed E-state index contributed by atoms with van der Waals surface area (Å²) in [5, 5.41) is 10.7. The van der Waals surface area contributed by atoms with E-state index in [4.69, 9.17) is 22.3 Å². The predicted molar refractivity (Wildman–Crippen MR) is 143 cm³/mol. The number of nitro benzene ring substituents is 1. The Morgan fingerprint density at radius 2 is 1.33 bits per heavy atom. The maximum atomic E-state index is 11.9. The van der Waals surface area contributed by atoms with Crippen LogP contribution in [0.3, 0.4) is 0 Å². The molecule has 0 spiro atoms. The molecule has 0 unspecified atom stereocenters. The van der Waals surface area contributed by atoms with Crippen LogP contribution in [0.5, 0.6) is 5.75 Å². The minimum Gasteiger partial charge on any atom is -0.494 e. The number of hydrogen-bond acceptors (Lipinski definition) is 5. The molecular formula is C30H33NO5. The second-order valence-corrected chi connectivity index (χ2v) is 8.40. The van der Waals surface area contributed by atoms with Gasteiger partial charge in [-0.3, -0.25) is 14.9 Å². The Labute approximate surface area is 213 Å². The van der Waals surface area contributed by atoms with Crippen LogP contribution in [0, 0.1) is 40.7 Å². The maximum Gasteiger partial charge on any atom is 0.310 e. The van der Waals surface area contributed by atoms with Crippen molar-refractivity contribution in [3.8, 4) is 30.4 Å². The van der Waals surface area contributed by atoms with Gasteiger partial charge in [-0.05, 0) is 48.2 Å². The molecule has 0 atom stereocenters. The normalized spacial score (nSPS) is 10.6. The number of terminal acetylenes is 2. The van der Waals surface area contributed by atoms with Crippen LogP contribution in [-0.4, -0.2) is 24.1 Å². The Balaban J connectivity index is 1.54. The second-order valence-electron chi connectivity index (χ2n) is 8.40. The fourth-order valence-electron chi connectivity index (χ4n) is 3.49. The number of non-ortho nitro benzene ring substituents is 1. The Hall–Kier alpha value is -4.03. The molecule has 0 amide bonds. The van der Waals surface area contributed by atoms with Crippen molar-refractivity contribution < 1.29 is 19.2 Å². The van der Waals surface area contributed by atoms with E-state index < -0.39 is 10.8 Å². The van der Waals surface area contributed by atoms with Gasteiger partial charge < -0.3 is 9.47 Å². The summed E-state index contributed by atoms with van der Waals surface area (Å²) in [5.41, 5.74) is 2.00. The first kappa shape index (κ1) is 28.2. The highest BCUT2D eigenvalue weighted by molar-refractivity contribution is 5.73. The number of esters is 1. The topological polar surface area (TPSA) is 78.7 Å². The lowest BCUT2D eigenvalue weighted by Crippen LogP contribution is -2.17. The average Bonchev–Trinajstić information content (AvgIpc) is 2.89. The molecule has 0 bridgehead atoms. The molecule has 2 aromatic carbocycles. The van der Waals surface area contributed by atoms with Gasteiger partial charge in [-0.2, -0.15) is 0 Å². The van der Waals surface area contributed by atoms with Crippen LogP contribution in [0.25, 0.3) is 12.2 Å². The van der Waals surface area contributed by atoms with Crippen molar-refractivity contribution in [1.82, 2.24) is 0 Å². The molecule has 0 saturated carbocycles. The van der Waals surface area contributed by atoms with Crippen molar-refractivity contribution in [2.24, 2.45) is 5.92 Å². The van der Waals surface area contributed by atoms with E-state index in [0.717, 1.165) is 55.4 Å². The molecule has 0 heterocycles. The minimum atomic E-state index is -0.407. The molecule has 0 N–H and O–H groups in total. The summed E-state index contributed by atoms with van der Waals surface area (Å²) >= 11 is 0. The smallest absolute Gasteiger partial charge is 0.310 e. The lowest BCUT2D eigenvalue weighted by atomic mass is 10.0. The van der Waals surface area contributed by atoms with Gasteiger partial charge in [-0.15, -0.1) is 24.7 Å². The Kier molecular flexibility index (Phi) is 13.0. The molecule has 6 nitrogen and oxygen atoms in total. The van der Waals surface area contributed by atoms with Crippen molar-refractivity contribution in [1.29, 1.82) is 0 Å². The van der Waals surface area contributed by atoms with E-state index in [1.165, 1.54) is 12.1 Å². The highest BCUT2D eigenvalue weighted by Gasteiger charge is 2.17. The summed E-state index contributed by atoms with van der Waals surface area (Å²) < 4.78 is 11.1. The number of carbonyl (C=O) groups is 1. The molecule has 188 valence electrons. The molecule has 0 aromatic heterocycles. The Bertz CT molecular complexity index is 1040. The number of carbonyl (C=O) groups excluding carboxylic acids is 1. The van der Waals surface area contributed by atoms with Crippen LogP contribution in [0.2, 0.25) is 0 Å². The molecule has 0 aliphatic heterocycles. The minimum absolute atomic E-state index is 0.0823. The van der Waals surface area contributed by atoms with Crippen molar-refractivity contribution in [3.05, 3.63) is 69.8 Å². The monoisotopic (exact) mass is 487 g/mol. The van der Waals surface area contributed by atoms with E-state index in [-0.39, 0.29) is 11.7 Å². The highest BCUT2D eigenvalue weighted by Crippen LogP contribution is 2.17. The lowest BCUT2D eigenvalue weighted by molar-refractivity contribution is -0.384. The van der Waals surface area contributed by atoms with E-state index in [9.17, 15) is 14.9 Å². The molecule has 0 aliphatic carbocycles. The van der Waals surface area contributed by atoms with Crippen LogP contribution in [0.1, 0.15) is 62.5 Å². The summed E-state index contributed by atoms with van der Waals surface area (Å²) in [6, 6.07) is 14.3. The van der Waals surface area contributed by atoms with Crippen LogP contribution in [0.4, 0.5) is 5.69 Å². The lowest BCUT2D eigenvalue weighted by Gasteiger charge is -2.11. The zero-order valence-corrected chi connectivity index (χ0v) is 20.6. The van der Waals surface area contributed by atoms with E-state index in [0.29, 0.717) is 26.1 Å². The van der Waals surface area contributed by atoms with Crippen molar-refractivity contribution in [2.45, 2.75) is 51.4 Å². The van der Waals surface area contributed by atoms with E-state index in [1.807, 2.05) is 36.4 Å². The largest absolute Gasteiger partial charge is 0.494 e. The van der Waals surface area contributed by atoms with E-state index >= 15 is 0 Å². The molecule has 2 aromatic rings. The first-order valence-electron chi connectivity index (χ1n) is 12.2. The summed E-state index contributed by atoms with van der Waals surface area (Å²) in [4.78, 5) is 22.2. The van der Waals surface area contributed by atoms with E-state index in [1.54, 1.807) is 12.1 Å². The standard InChI is InChI=1S/C30H33NO5/c1-3-11-27(12-4-2)30(32)36-24-10-8-6-5-7-9-23-35-29-21-17-26(18-22-29)14-13-25-15-19-28(20-16-25)31(33)34/h1-2,13-22,27H,5-12,23-24H2/b14-13+. The van der Waals surface area contributed by atoms with Gasteiger partial charge in [0.05, 0.1) is 24.1 Å². The molecule has 36 heavy (non-hydrogen) atoms. The average molecular weight is 488 g/mol. The fourth-order valence-corrected chi connectivity index (χ4v) is 3.49. The highest BCUT2D eigenvalue weighted by atomic mass is 16.6. The molecule has 0 radical (unpaired) electrons. The number of nitrogens with zero attached hydrogens (tertiary/aromatic N) is 1. The van der Waals surface area contributed by atoms with Gasteiger partial charge in [0.15, 0.2) is 0 Å². The summed E-state index contributed by atoms with van der Waals surface area (Å²) in [5.74, 6) is 5.08. The third-order valence-electron chi connectivity index (χ3n) is 5.57. The number of ether oxygens (including phenoxy) is 2. The zero-order chi connectivity index (χ0) is 26.0. The van der Waals surface area contributed by atoms with Crippen LogP contribution in [0.15, 0.2) is 48.5 Å². The van der Waals surface area contributed by atoms with E-state index in [2.05, 4.69) is 11.8 Å². The zero-order valence-electron chi connectivity index (χ0n) is 20.6. The number of nitro groups is 1. The molecule has 2 rings (SSSR count). The molecule has 0 fully saturated rings. The fraction of sp³-hybridized carbons (Fsp3) is 0.367. The van der Waals surface area contributed by atoms with Crippen molar-refractivity contribution in [2.75, 3.05) is 13.2 Å². The molecule has 0 saturated heterocycles. The van der Waals surface area contributed by atoms with Crippen LogP contribution >= 0.6 is 0 Å². The first-order valence-corrected chi connectivity index (χ1v) is 12.2. The summed E-state index contributed by atoms with van der Waals surface area (Å²) in [7, 11) is 0. The Morgan fingerprint density at radius 3 is 1.86 bits per heavy atom. The second kappa shape index (κ2) is 16.6. The van der Waals surface area contributed by atoms with Gasteiger partial charge in [0, 0.05) is 25.0 Å². The molecule has 6 heteroatoms. The number of benzene rings is 2. The van der Waals surface area contributed by atoms with Gasteiger partial charge in [-0.1, -0.05) is 50.0 Å². The SMILES string of the molecule is C#CCC(CC#C)C(=O)OCCCCCCCCOc1ccc(/C=C/c2ccc([N+](=O)[O-])cc2)cc1. The number of unbranched alkanes of at least 4 members (excludes halogenated alkanes) is 5. The van der Waals surface area contributed by atoms with Gasteiger partial charge in [0.1, 0.15) is 5.75 Å². The first-order chi connectivity index (χ1) is 17.5. The summed E-state index contributed by atoms with van der Waals surface area (Å²) in [6.07, 6.45) is 21.2. The van der Waals surface area contributed by atoms with Gasteiger partial charge in [0.25, 0.3) is 5.69 Å². The molecular weight excluding hydrogens is 454 g/mol. The predicted octanol–water partition coefficient (Wildman–Crippen LogP) is 6.69. The van der Waals surface area contributed by atoms with Crippen molar-refractivity contribution in [3.63, 3.8) is 0 Å². The van der Waals surface area contributed by atoms with Gasteiger partial charge in [0.2, 0.25) is 0 Å². The van der Waals surface area contributed by atoms with Crippen LogP contribution in [-0.2, 0) is 9.53 Å². The van der Waals surface area contributed by atoms with Gasteiger partial charge >= 0.3 is 5.97 Å². The van der Waals surface area contributed by atoms with Crippen LogP contribution < -0.4 is 4.74 Å². The maximum absolute atomic E-state index is 11.9.